The molecule has 3 rings (SSSR count). The van der Waals surface area contributed by atoms with E-state index in [1.165, 1.54) is 6.92 Å². The third kappa shape index (κ3) is 4.11. The fourth-order valence-electron chi connectivity index (χ4n) is 2.94. The van der Waals surface area contributed by atoms with Crippen LogP contribution < -0.4 is 14.2 Å². The van der Waals surface area contributed by atoms with E-state index in [1.807, 2.05) is 36.4 Å². The number of benzene rings is 2. The minimum absolute atomic E-state index is 0.376. The molecule has 0 amide bonds. The molecule has 140 valence electrons. The molecular weight excluding hydrogens is 356 g/mol. The molecule has 2 atom stereocenters. The maximum absolute atomic E-state index is 11.4. The van der Waals surface area contributed by atoms with Crippen LogP contribution in [-0.4, -0.2) is 31.4 Å². The molecule has 2 aromatic rings. The lowest BCUT2D eigenvalue weighted by Gasteiger charge is -2.29. The molecule has 0 spiro atoms. The molecule has 1 aliphatic rings. The Morgan fingerprint density at radius 1 is 1.23 bits per heavy atom. The van der Waals surface area contributed by atoms with E-state index in [0.29, 0.717) is 36.7 Å². The number of hydrogen-bond donors (Lipinski definition) is 1. The van der Waals surface area contributed by atoms with Crippen LogP contribution in [0, 0.1) is 0 Å². The Morgan fingerprint density at radius 2 is 1.96 bits per heavy atom. The second kappa shape index (κ2) is 7.55. The molecule has 0 aliphatic carbocycles. The van der Waals surface area contributed by atoms with Crippen molar-refractivity contribution >= 4 is 10.1 Å². The summed E-state index contributed by atoms with van der Waals surface area (Å²) in [6, 6.07) is 13.3. The first-order chi connectivity index (χ1) is 12.4. The maximum atomic E-state index is 11.4. The van der Waals surface area contributed by atoms with Gasteiger partial charge in [0.25, 0.3) is 10.1 Å². The minimum Gasteiger partial charge on any atom is -0.493 e. The first kappa shape index (κ1) is 18.5. The van der Waals surface area contributed by atoms with E-state index in [-0.39, 0.29) is 0 Å². The molecule has 0 fully saturated rings. The van der Waals surface area contributed by atoms with Crippen molar-refractivity contribution in [1.82, 2.24) is 0 Å². The fourth-order valence-corrected chi connectivity index (χ4v) is 3.51. The van der Waals surface area contributed by atoms with Gasteiger partial charge in [-0.05, 0) is 37.0 Å². The van der Waals surface area contributed by atoms with Crippen LogP contribution in [0.1, 0.15) is 24.5 Å². The Bertz CT molecular complexity index is 863. The lowest BCUT2D eigenvalue weighted by Crippen LogP contribution is -2.38. The van der Waals surface area contributed by atoms with Crippen molar-refractivity contribution in [3.8, 4) is 17.2 Å². The summed E-state index contributed by atoms with van der Waals surface area (Å²) < 4.78 is 49.2. The van der Waals surface area contributed by atoms with E-state index in [2.05, 4.69) is 0 Å². The fraction of sp³-hybridized carbons (Fsp3) is 0.368. The van der Waals surface area contributed by atoms with Crippen LogP contribution >= 0.6 is 0 Å². The smallest absolute Gasteiger partial charge is 0.271 e. The van der Waals surface area contributed by atoms with Gasteiger partial charge in [0.05, 0.1) is 7.11 Å². The highest BCUT2D eigenvalue weighted by Gasteiger charge is 2.33. The van der Waals surface area contributed by atoms with Gasteiger partial charge in [0.15, 0.2) is 11.5 Å². The van der Waals surface area contributed by atoms with Crippen molar-refractivity contribution in [3.05, 3.63) is 53.6 Å². The van der Waals surface area contributed by atoms with Crippen LogP contribution in [0.3, 0.4) is 0 Å². The summed E-state index contributed by atoms with van der Waals surface area (Å²) in [4.78, 5) is 0. The molecule has 26 heavy (non-hydrogen) atoms. The van der Waals surface area contributed by atoms with Gasteiger partial charge >= 0.3 is 0 Å². The first-order valence-corrected chi connectivity index (χ1v) is 9.89. The van der Waals surface area contributed by atoms with Crippen molar-refractivity contribution < 1.29 is 27.2 Å². The van der Waals surface area contributed by atoms with Crippen molar-refractivity contribution in [2.45, 2.75) is 37.7 Å². The SMILES string of the molecule is COc1cc2c(cc1OCc1ccccc1)OC([C@@H](C)S(=O)(=O)O)CC2. The quantitative estimate of drug-likeness (QED) is 0.777. The van der Waals surface area contributed by atoms with Crippen LogP contribution in [0.25, 0.3) is 0 Å². The highest BCUT2D eigenvalue weighted by molar-refractivity contribution is 7.86. The Kier molecular flexibility index (Phi) is 5.38. The van der Waals surface area contributed by atoms with Crippen molar-refractivity contribution in [2.24, 2.45) is 0 Å². The highest BCUT2D eigenvalue weighted by atomic mass is 32.2. The van der Waals surface area contributed by atoms with Gasteiger partial charge in [0.1, 0.15) is 23.7 Å². The third-order valence-corrected chi connectivity index (χ3v) is 5.80. The van der Waals surface area contributed by atoms with Gasteiger partial charge < -0.3 is 14.2 Å². The topological polar surface area (TPSA) is 82.1 Å². The second-order valence-corrected chi connectivity index (χ2v) is 8.07. The molecule has 6 nitrogen and oxygen atoms in total. The molecule has 1 N–H and O–H groups in total. The summed E-state index contributed by atoms with van der Waals surface area (Å²) in [5.41, 5.74) is 1.94. The number of rotatable bonds is 6. The molecule has 2 aromatic carbocycles. The number of aryl methyl sites for hydroxylation is 1. The zero-order valence-corrected chi connectivity index (χ0v) is 15.5. The van der Waals surface area contributed by atoms with Gasteiger partial charge in [0, 0.05) is 6.07 Å². The van der Waals surface area contributed by atoms with Gasteiger partial charge in [0.2, 0.25) is 0 Å². The largest absolute Gasteiger partial charge is 0.493 e. The lowest BCUT2D eigenvalue weighted by atomic mass is 10.00. The Hall–Kier alpha value is -2.25. The van der Waals surface area contributed by atoms with Gasteiger partial charge in [-0.15, -0.1) is 0 Å². The summed E-state index contributed by atoms with van der Waals surface area (Å²) in [6.45, 7) is 1.82. The average Bonchev–Trinajstić information content (AvgIpc) is 2.64. The van der Waals surface area contributed by atoms with E-state index in [1.54, 1.807) is 13.2 Å². The van der Waals surface area contributed by atoms with Gasteiger partial charge in [-0.1, -0.05) is 30.3 Å². The van der Waals surface area contributed by atoms with Crippen LogP contribution in [0.5, 0.6) is 17.2 Å². The zero-order valence-electron chi connectivity index (χ0n) is 14.7. The molecule has 0 saturated carbocycles. The average molecular weight is 378 g/mol. The molecule has 0 aromatic heterocycles. The number of fused-ring (bicyclic) bond motifs is 1. The number of ether oxygens (including phenoxy) is 3. The summed E-state index contributed by atoms with van der Waals surface area (Å²) in [5.74, 6) is 1.68. The summed E-state index contributed by atoms with van der Waals surface area (Å²) in [7, 11) is -2.58. The summed E-state index contributed by atoms with van der Waals surface area (Å²) in [5, 5.41) is -0.994. The predicted octanol–water partition coefficient (Wildman–Crippen LogP) is 3.24. The van der Waals surface area contributed by atoms with E-state index < -0.39 is 21.5 Å². The molecule has 7 heteroatoms. The van der Waals surface area contributed by atoms with Gasteiger partial charge in [-0.2, -0.15) is 8.42 Å². The van der Waals surface area contributed by atoms with E-state index in [4.69, 9.17) is 14.2 Å². The van der Waals surface area contributed by atoms with Gasteiger partial charge in [-0.25, -0.2) is 0 Å². The van der Waals surface area contributed by atoms with Gasteiger partial charge in [-0.3, -0.25) is 4.55 Å². The van der Waals surface area contributed by atoms with Crippen LogP contribution in [0.15, 0.2) is 42.5 Å². The standard InChI is InChI=1S/C19H22O6S/c1-13(26(20,21)22)16-9-8-15-10-18(23-2)19(11-17(15)25-16)24-12-14-6-4-3-5-7-14/h3-7,10-11,13,16H,8-9,12H2,1-2H3,(H,20,21,22)/t13-,16?/m1/s1. The Morgan fingerprint density at radius 3 is 2.62 bits per heavy atom. The Balaban J connectivity index is 1.82. The molecule has 0 radical (unpaired) electrons. The number of hydrogen-bond acceptors (Lipinski definition) is 5. The highest BCUT2D eigenvalue weighted by Crippen LogP contribution is 2.39. The van der Waals surface area contributed by atoms with E-state index in [0.717, 1.165) is 11.1 Å². The number of methoxy groups -OCH3 is 1. The van der Waals surface area contributed by atoms with Crippen molar-refractivity contribution in [1.29, 1.82) is 0 Å². The maximum Gasteiger partial charge on any atom is 0.271 e. The van der Waals surface area contributed by atoms with E-state index in [9.17, 15) is 13.0 Å². The summed E-state index contributed by atoms with van der Waals surface area (Å²) in [6.07, 6.45) is 0.532. The van der Waals surface area contributed by atoms with Crippen molar-refractivity contribution in [3.63, 3.8) is 0 Å². The molecular formula is C19H22O6S. The van der Waals surface area contributed by atoms with E-state index >= 15 is 0 Å². The minimum atomic E-state index is -4.16. The second-order valence-electron chi connectivity index (χ2n) is 6.30. The molecule has 1 heterocycles. The Labute approximate surface area is 153 Å². The van der Waals surface area contributed by atoms with Crippen molar-refractivity contribution in [2.75, 3.05) is 7.11 Å². The first-order valence-electron chi connectivity index (χ1n) is 8.39. The monoisotopic (exact) mass is 378 g/mol. The molecule has 1 unspecified atom stereocenters. The normalized spacial score (nSPS) is 17.7. The molecule has 0 bridgehead atoms. The predicted molar refractivity (Wildman–Crippen MR) is 97.5 cm³/mol. The third-order valence-electron chi connectivity index (χ3n) is 4.55. The van der Waals surface area contributed by atoms with Crippen LogP contribution in [-0.2, 0) is 23.1 Å². The summed E-state index contributed by atoms with van der Waals surface area (Å²) >= 11 is 0. The molecule has 0 saturated heterocycles. The zero-order chi connectivity index (χ0) is 18.7. The lowest BCUT2D eigenvalue weighted by molar-refractivity contribution is 0.166. The van der Waals surface area contributed by atoms with Crippen LogP contribution in [0.4, 0.5) is 0 Å². The molecule has 1 aliphatic heterocycles. The van der Waals surface area contributed by atoms with Crippen LogP contribution in [0.2, 0.25) is 0 Å².